The molecule has 1 aromatic carbocycles. The molecular formula is C14H18ClNO. The minimum atomic E-state index is 0.350. The Labute approximate surface area is 107 Å². The summed E-state index contributed by atoms with van der Waals surface area (Å²) in [4.78, 5) is 5.79. The van der Waals surface area contributed by atoms with Crippen LogP contribution in [0, 0.1) is 0 Å². The van der Waals surface area contributed by atoms with Gasteiger partial charge in [-0.2, -0.15) is 5.48 Å². The zero-order valence-electron chi connectivity index (χ0n) is 9.92. The van der Waals surface area contributed by atoms with E-state index in [9.17, 15) is 0 Å². The van der Waals surface area contributed by atoms with Crippen molar-refractivity contribution in [3.05, 3.63) is 34.3 Å². The van der Waals surface area contributed by atoms with Gasteiger partial charge in [0.25, 0.3) is 0 Å². The number of aryl methyl sites for hydroxylation is 1. The number of rotatable bonds is 3. The Morgan fingerprint density at radius 3 is 2.82 bits per heavy atom. The average Bonchev–Trinajstić information content (AvgIpc) is 2.94. The highest BCUT2D eigenvalue weighted by molar-refractivity contribution is 6.30. The average molecular weight is 252 g/mol. The lowest BCUT2D eigenvalue weighted by molar-refractivity contribution is -0.0405. The highest BCUT2D eigenvalue weighted by Gasteiger charge is 2.24. The Hall–Kier alpha value is -0.570. The molecule has 0 aliphatic heterocycles. The third-order valence-corrected chi connectivity index (χ3v) is 4.10. The molecule has 3 heteroatoms. The molecule has 3 rings (SSSR count). The summed E-state index contributed by atoms with van der Waals surface area (Å²) in [6.07, 6.45) is 7.66. The topological polar surface area (TPSA) is 21.3 Å². The first-order chi connectivity index (χ1) is 8.33. The Balaban J connectivity index is 1.63. The van der Waals surface area contributed by atoms with E-state index in [2.05, 4.69) is 17.6 Å². The van der Waals surface area contributed by atoms with Crippen LogP contribution in [-0.2, 0) is 11.3 Å². The molecule has 92 valence electrons. The van der Waals surface area contributed by atoms with E-state index in [4.69, 9.17) is 16.4 Å². The first-order valence-corrected chi connectivity index (χ1v) is 6.90. The largest absolute Gasteiger partial charge is 0.298 e. The van der Waals surface area contributed by atoms with Gasteiger partial charge >= 0.3 is 0 Å². The van der Waals surface area contributed by atoms with Crippen LogP contribution in [0.25, 0.3) is 0 Å². The molecule has 1 atom stereocenters. The molecule has 0 radical (unpaired) electrons. The van der Waals surface area contributed by atoms with Gasteiger partial charge in [-0.05, 0) is 48.9 Å². The summed E-state index contributed by atoms with van der Waals surface area (Å²) in [6.45, 7) is 0. The number of halogens is 1. The van der Waals surface area contributed by atoms with E-state index in [0.717, 1.165) is 17.9 Å². The lowest BCUT2D eigenvalue weighted by Gasteiger charge is -2.17. The Bertz CT molecular complexity index is 401. The minimum Gasteiger partial charge on any atom is -0.298 e. The van der Waals surface area contributed by atoms with Gasteiger partial charge in [-0.15, -0.1) is 0 Å². The fraction of sp³-hybridized carbons (Fsp3) is 0.571. The highest BCUT2D eigenvalue weighted by Crippen LogP contribution is 2.33. The van der Waals surface area contributed by atoms with Gasteiger partial charge in [0.1, 0.15) is 0 Å². The van der Waals surface area contributed by atoms with Crippen molar-refractivity contribution in [3.8, 4) is 0 Å². The molecule has 0 amide bonds. The predicted octanol–water partition coefficient (Wildman–Crippen LogP) is 3.79. The Morgan fingerprint density at radius 1 is 1.18 bits per heavy atom. The standard InChI is InChI=1S/C14H18ClNO/c15-11-6-7-13-10(9-11)5-8-14(13)16-17-12-3-1-2-4-12/h6-7,9,12,14,16H,1-5,8H2. The van der Waals surface area contributed by atoms with Crippen LogP contribution in [0.2, 0.25) is 5.02 Å². The molecule has 1 N–H and O–H groups in total. The van der Waals surface area contributed by atoms with Crippen LogP contribution in [0.3, 0.4) is 0 Å². The second kappa shape index (κ2) is 4.97. The van der Waals surface area contributed by atoms with Crippen LogP contribution < -0.4 is 5.48 Å². The van der Waals surface area contributed by atoms with E-state index in [0.29, 0.717) is 12.1 Å². The zero-order valence-corrected chi connectivity index (χ0v) is 10.7. The van der Waals surface area contributed by atoms with E-state index >= 15 is 0 Å². The van der Waals surface area contributed by atoms with E-state index in [-0.39, 0.29) is 0 Å². The molecule has 0 spiro atoms. The van der Waals surface area contributed by atoms with E-state index in [1.165, 1.54) is 36.8 Å². The molecule has 2 aliphatic rings. The summed E-state index contributed by atoms with van der Waals surface area (Å²) in [6, 6.07) is 6.52. The van der Waals surface area contributed by atoms with Crippen molar-refractivity contribution in [1.29, 1.82) is 0 Å². The monoisotopic (exact) mass is 251 g/mol. The van der Waals surface area contributed by atoms with Gasteiger partial charge in [0.05, 0.1) is 12.1 Å². The minimum absolute atomic E-state index is 0.350. The number of hydroxylamine groups is 1. The lowest BCUT2D eigenvalue weighted by atomic mass is 10.1. The molecule has 0 aromatic heterocycles. The van der Waals surface area contributed by atoms with Crippen molar-refractivity contribution in [3.63, 3.8) is 0 Å². The summed E-state index contributed by atoms with van der Waals surface area (Å²) in [7, 11) is 0. The third-order valence-electron chi connectivity index (χ3n) is 3.86. The Morgan fingerprint density at radius 2 is 2.00 bits per heavy atom. The van der Waals surface area contributed by atoms with Gasteiger partial charge in [0, 0.05) is 5.02 Å². The van der Waals surface area contributed by atoms with Gasteiger partial charge < -0.3 is 0 Å². The van der Waals surface area contributed by atoms with Crippen molar-refractivity contribution in [2.45, 2.75) is 50.7 Å². The van der Waals surface area contributed by atoms with E-state index in [1.807, 2.05) is 6.07 Å². The second-order valence-corrected chi connectivity index (χ2v) is 5.51. The summed E-state index contributed by atoms with van der Waals surface area (Å²) in [5.41, 5.74) is 5.98. The van der Waals surface area contributed by atoms with Crippen molar-refractivity contribution < 1.29 is 4.84 Å². The number of benzene rings is 1. The van der Waals surface area contributed by atoms with Crippen molar-refractivity contribution in [2.75, 3.05) is 0 Å². The van der Waals surface area contributed by atoms with Gasteiger partial charge in [-0.1, -0.05) is 30.5 Å². The number of nitrogens with one attached hydrogen (secondary N) is 1. The normalized spacial score (nSPS) is 24.2. The number of fused-ring (bicyclic) bond motifs is 1. The fourth-order valence-electron chi connectivity index (χ4n) is 2.89. The van der Waals surface area contributed by atoms with Crippen LogP contribution in [0.5, 0.6) is 0 Å². The molecule has 0 heterocycles. The summed E-state index contributed by atoms with van der Waals surface area (Å²) in [5.74, 6) is 0. The molecule has 2 aliphatic carbocycles. The fourth-order valence-corrected chi connectivity index (χ4v) is 3.09. The van der Waals surface area contributed by atoms with Crippen molar-refractivity contribution in [2.24, 2.45) is 0 Å². The van der Waals surface area contributed by atoms with E-state index in [1.54, 1.807) is 0 Å². The van der Waals surface area contributed by atoms with Gasteiger partial charge in [0.2, 0.25) is 0 Å². The van der Waals surface area contributed by atoms with Gasteiger partial charge in [-0.25, -0.2) is 0 Å². The first-order valence-electron chi connectivity index (χ1n) is 6.52. The number of hydrogen-bond acceptors (Lipinski definition) is 2. The summed E-state index contributed by atoms with van der Waals surface area (Å²) in [5, 5.41) is 0.834. The SMILES string of the molecule is Clc1ccc2c(c1)CCC2NOC1CCCC1. The van der Waals surface area contributed by atoms with Crippen LogP contribution in [-0.4, -0.2) is 6.10 Å². The molecule has 1 aromatic rings. The maximum Gasteiger partial charge on any atom is 0.0790 e. The van der Waals surface area contributed by atoms with Crippen molar-refractivity contribution >= 4 is 11.6 Å². The predicted molar refractivity (Wildman–Crippen MR) is 69.0 cm³/mol. The van der Waals surface area contributed by atoms with Gasteiger partial charge in [-0.3, -0.25) is 4.84 Å². The number of hydrogen-bond donors (Lipinski definition) is 1. The molecule has 0 bridgehead atoms. The summed E-state index contributed by atoms with van der Waals surface area (Å²) >= 11 is 6.00. The van der Waals surface area contributed by atoms with Gasteiger partial charge in [0.15, 0.2) is 0 Å². The van der Waals surface area contributed by atoms with Crippen LogP contribution in [0.4, 0.5) is 0 Å². The molecule has 0 saturated heterocycles. The molecular weight excluding hydrogens is 234 g/mol. The first kappa shape index (κ1) is 11.5. The maximum absolute atomic E-state index is 6.00. The molecule has 17 heavy (non-hydrogen) atoms. The Kier molecular flexibility index (Phi) is 3.37. The summed E-state index contributed by atoms with van der Waals surface area (Å²) < 4.78 is 0. The van der Waals surface area contributed by atoms with Crippen molar-refractivity contribution in [1.82, 2.24) is 5.48 Å². The quantitative estimate of drug-likeness (QED) is 0.826. The van der Waals surface area contributed by atoms with Crippen LogP contribution in [0.1, 0.15) is 49.3 Å². The molecule has 1 saturated carbocycles. The second-order valence-electron chi connectivity index (χ2n) is 5.08. The van der Waals surface area contributed by atoms with E-state index < -0.39 is 0 Å². The highest BCUT2D eigenvalue weighted by atomic mass is 35.5. The maximum atomic E-state index is 6.00. The molecule has 1 fully saturated rings. The van der Waals surface area contributed by atoms with Crippen LogP contribution >= 0.6 is 11.6 Å². The lowest BCUT2D eigenvalue weighted by Crippen LogP contribution is -2.25. The molecule has 1 unspecified atom stereocenters. The smallest absolute Gasteiger partial charge is 0.0790 e. The third kappa shape index (κ3) is 2.49. The zero-order chi connectivity index (χ0) is 11.7. The molecule has 2 nitrogen and oxygen atoms in total. The van der Waals surface area contributed by atoms with Crippen LogP contribution in [0.15, 0.2) is 18.2 Å².